The van der Waals surface area contributed by atoms with Crippen molar-refractivity contribution in [1.82, 2.24) is 0 Å². The Balaban J connectivity index is 0.00000507. The molecular formula is C26H21F6LiO5. The molecule has 0 spiro atoms. The van der Waals surface area contributed by atoms with Crippen LogP contribution in [0.15, 0.2) is 78.9 Å². The molecule has 0 aliphatic rings. The minimum absolute atomic E-state index is 0. The van der Waals surface area contributed by atoms with Crippen LogP contribution in [-0.4, -0.2) is 36.1 Å². The van der Waals surface area contributed by atoms with Crippen molar-refractivity contribution in [1.29, 1.82) is 0 Å². The molecule has 3 aromatic carbocycles. The molecule has 0 saturated carbocycles. The van der Waals surface area contributed by atoms with Gasteiger partial charge >= 0.3 is 31.2 Å². The number of hydrogen-bond donors (Lipinski definition) is 1. The maximum atomic E-state index is 13.1. The second kappa shape index (κ2) is 12.6. The Hall–Kier alpha value is -3.13. The Morgan fingerprint density at radius 1 is 0.789 bits per heavy atom. The van der Waals surface area contributed by atoms with Crippen LogP contribution in [0.4, 0.5) is 26.3 Å². The molecule has 38 heavy (non-hydrogen) atoms. The first-order valence-corrected chi connectivity index (χ1v) is 10.9. The largest absolute Gasteiger partial charge is 1.00 e. The van der Waals surface area contributed by atoms with Crippen LogP contribution in [0.1, 0.15) is 16.7 Å². The summed E-state index contributed by atoms with van der Waals surface area (Å²) < 4.78 is 90.3. The molecule has 1 N–H and O–H groups in total. The number of benzene rings is 3. The zero-order valence-corrected chi connectivity index (χ0v) is 20.1. The van der Waals surface area contributed by atoms with E-state index in [9.17, 15) is 41.4 Å². The number of carboxylic acids is 1. The summed E-state index contributed by atoms with van der Waals surface area (Å²) in [6.45, 7) is -0.0501. The first-order chi connectivity index (χ1) is 17.3. The maximum Gasteiger partial charge on any atom is 1.00 e. The molecule has 3 aromatic rings. The molecule has 0 amide bonds. The number of alkyl halides is 6. The second-order valence-corrected chi connectivity index (χ2v) is 8.16. The maximum absolute atomic E-state index is 13.1. The van der Waals surface area contributed by atoms with Crippen molar-refractivity contribution in [2.45, 2.75) is 36.9 Å². The monoisotopic (exact) mass is 534 g/mol. The number of hydrogen-bond acceptors (Lipinski definition) is 5. The number of carbonyl (C=O) groups is 1. The third-order valence-corrected chi connectivity index (χ3v) is 5.41. The zero-order chi connectivity index (χ0) is 27.3. The second-order valence-electron chi connectivity index (χ2n) is 8.16. The van der Waals surface area contributed by atoms with E-state index >= 15 is 0 Å². The van der Waals surface area contributed by atoms with E-state index in [1.165, 1.54) is 0 Å². The Morgan fingerprint density at radius 2 is 1.32 bits per heavy atom. The van der Waals surface area contributed by atoms with Gasteiger partial charge in [0.2, 0.25) is 0 Å². The van der Waals surface area contributed by atoms with Crippen LogP contribution >= 0.6 is 0 Å². The molecule has 0 fully saturated rings. The Labute approximate surface area is 226 Å². The first-order valence-electron chi connectivity index (χ1n) is 10.9. The SMILES string of the molecule is O=C([O-])Cc1ccc(OC[C@H](Cc2ccccc2)Oc2ccc(C(O)(C(F)(F)F)C(F)(F)F)cc2)cc1.[Li+]. The summed E-state index contributed by atoms with van der Waals surface area (Å²) in [7, 11) is 0. The number of aliphatic hydroxyl groups is 1. The van der Waals surface area contributed by atoms with Gasteiger partial charge in [-0.3, -0.25) is 0 Å². The average Bonchev–Trinajstić information content (AvgIpc) is 2.82. The summed E-state index contributed by atoms with van der Waals surface area (Å²) in [5, 5.41) is 20.3. The van der Waals surface area contributed by atoms with Crippen molar-refractivity contribution in [3.8, 4) is 11.5 Å². The van der Waals surface area contributed by atoms with Gasteiger partial charge in [0.1, 0.15) is 24.2 Å². The third kappa shape index (κ3) is 7.69. The van der Waals surface area contributed by atoms with E-state index in [-0.39, 0.29) is 37.6 Å². The molecule has 0 bridgehead atoms. The van der Waals surface area contributed by atoms with Crippen molar-refractivity contribution in [3.05, 3.63) is 95.6 Å². The smallest absolute Gasteiger partial charge is 0.550 e. The van der Waals surface area contributed by atoms with Gasteiger partial charge in [0.15, 0.2) is 0 Å². The predicted molar refractivity (Wildman–Crippen MR) is 118 cm³/mol. The first kappa shape index (κ1) is 31.1. The molecule has 12 heteroatoms. The molecule has 0 heterocycles. The van der Waals surface area contributed by atoms with Gasteiger partial charge < -0.3 is 24.5 Å². The molecule has 5 nitrogen and oxygen atoms in total. The van der Waals surface area contributed by atoms with Crippen LogP contribution in [0.25, 0.3) is 0 Å². The zero-order valence-electron chi connectivity index (χ0n) is 20.1. The van der Waals surface area contributed by atoms with E-state index in [2.05, 4.69) is 0 Å². The Kier molecular flexibility index (Phi) is 10.3. The van der Waals surface area contributed by atoms with Gasteiger partial charge in [-0.25, -0.2) is 0 Å². The van der Waals surface area contributed by atoms with Crippen LogP contribution in [0.5, 0.6) is 11.5 Å². The number of carbonyl (C=O) groups excluding carboxylic acids is 1. The van der Waals surface area contributed by atoms with Crippen molar-refractivity contribution in [3.63, 3.8) is 0 Å². The fourth-order valence-corrected chi connectivity index (χ4v) is 3.53. The molecule has 0 radical (unpaired) electrons. The van der Waals surface area contributed by atoms with Crippen LogP contribution in [0.2, 0.25) is 0 Å². The van der Waals surface area contributed by atoms with Gasteiger partial charge in [-0.15, -0.1) is 0 Å². The normalized spacial score (nSPS) is 12.8. The third-order valence-electron chi connectivity index (χ3n) is 5.41. The summed E-state index contributed by atoms with van der Waals surface area (Å²) in [5.41, 5.74) is -5.09. The van der Waals surface area contributed by atoms with Crippen LogP contribution < -0.4 is 33.4 Å². The van der Waals surface area contributed by atoms with Crippen LogP contribution in [0.3, 0.4) is 0 Å². The molecule has 0 aliphatic carbocycles. The fourth-order valence-electron chi connectivity index (χ4n) is 3.53. The van der Waals surface area contributed by atoms with E-state index in [4.69, 9.17) is 9.47 Å². The molecule has 198 valence electrons. The fraction of sp³-hybridized carbons (Fsp3) is 0.269. The van der Waals surface area contributed by atoms with Crippen molar-refractivity contribution in [2.24, 2.45) is 0 Å². The van der Waals surface area contributed by atoms with Gasteiger partial charge in [0.05, 0.1) is 0 Å². The van der Waals surface area contributed by atoms with Crippen LogP contribution in [0, 0.1) is 0 Å². The van der Waals surface area contributed by atoms with E-state index in [0.717, 1.165) is 17.7 Å². The number of halogens is 6. The van der Waals surface area contributed by atoms with Gasteiger partial charge in [-0.1, -0.05) is 54.6 Å². The van der Waals surface area contributed by atoms with E-state index in [1.54, 1.807) is 54.6 Å². The molecule has 0 aromatic heterocycles. The minimum Gasteiger partial charge on any atom is -0.550 e. The summed E-state index contributed by atoms with van der Waals surface area (Å²) >= 11 is 0. The standard InChI is InChI=1S/C26H22F6O5.Li/c27-25(28,29)24(35,26(30,31)32)19-8-12-21(13-9-19)37-22(14-17-4-2-1-3-5-17)16-36-20-10-6-18(7-11-20)15-23(33)34;/h1-13,22,35H,14-16H2,(H,33,34);/q;+1/p-1/t22-;/m0./s1. The Morgan fingerprint density at radius 3 is 1.82 bits per heavy atom. The van der Waals surface area contributed by atoms with Gasteiger partial charge in [0, 0.05) is 24.4 Å². The molecule has 0 aliphatic heterocycles. The van der Waals surface area contributed by atoms with Gasteiger partial charge in [-0.2, -0.15) is 26.3 Å². The average molecular weight is 534 g/mol. The molecule has 1 atom stereocenters. The topological polar surface area (TPSA) is 78.8 Å². The number of ether oxygens (including phenoxy) is 2. The minimum atomic E-state index is -5.99. The number of rotatable bonds is 10. The quantitative estimate of drug-likeness (QED) is 0.314. The van der Waals surface area contributed by atoms with E-state index in [1.807, 2.05) is 0 Å². The van der Waals surface area contributed by atoms with E-state index in [0.29, 0.717) is 29.9 Å². The summed E-state index contributed by atoms with van der Waals surface area (Å²) in [6, 6.07) is 18.0. The number of carboxylic acid groups (broad SMARTS) is 1. The molecular weight excluding hydrogens is 513 g/mol. The van der Waals surface area contributed by atoms with Gasteiger partial charge in [0.25, 0.3) is 5.60 Å². The van der Waals surface area contributed by atoms with Crippen molar-refractivity contribution in [2.75, 3.05) is 6.61 Å². The van der Waals surface area contributed by atoms with Crippen LogP contribution in [-0.2, 0) is 23.2 Å². The van der Waals surface area contributed by atoms with Gasteiger partial charge in [-0.05, 0) is 35.4 Å². The van der Waals surface area contributed by atoms with Crippen molar-refractivity contribution >= 4 is 5.97 Å². The molecule has 3 rings (SSSR count). The summed E-state index contributed by atoms with van der Waals surface area (Å²) in [5.74, 6) is -0.885. The summed E-state index contributed by atoms with van der Waals surface area (Å²) in [4.78, 5) is 10.7. The molecule has 0 saturated heterocycles. The number of aliphatic carboxylic acids is 1. The van der Waals surface area contributed by atoms with E-state index < -0.39 is 35.6 Å². The van der Waals surface area contributed by atoms with Crippen molar-refractivity contribution < 1.29 is 69.7 Å². The molecule has 0 unspecified atom stereocenters. The predicted octanol–water partition coefficient (Wildman–Crippen LogP) is 1.36. The summed E-state index contributed by atoms with van der Waals surface area (Å²) in [6.07, 6.45) is -12.7. The Bertz CT molecular complexity index is 1150.